The summed E-state index contributed by atoms with van der Waals surface area (Å²) in [5.41, 5.74) is 9.17. The lowest BCUT2D eigenvalue weighted by molar-refractivity contribution is -0.129. The number of rotatable bonds is 1. The highest BCUT2D eigenvalue weighted by molar-refractivity contribution is 6.10. The molecule has 5 heteroatoms. The minimum absolute atomic E-state index is 0.280. The zero-order valence-electron chi connectivity index (χ0n) is 8.23. The van der Waals surface area contributed by atoms with Gasteiger partial charge in [0.25, 0.3) is 11.8 Å². The van der Waals surface area contributed by atoms with E-state index in [1.54, 1.807) is 24.3 Å². The summed E-state index contributed by atoms with van der Waals surface area (Å²) in [6, 6.07) is 6.88. The number of nitrogens with two attached hydrogens (primary N) is 1. The van der Waals surface area contributed by atoms with Crippen LogP contribution in [-0.2, 0) is 9.59 Å². The molecule has 0 spiro atoms. The molecule has 78 valence electrons. The number of anilines is 1. The first-order chi connectivity index (χ1) is 7.11. The number of hydrogen-bond donors (Lipinski definition) is 2. The van der Waals surface area contributed by atoms with Crippen molar-refractivity contribution in [2.24, 2.45) is 0 Å². The second-order valence-corrected chi connectivity index (χ2v) is 3.44. The van der Waals surface area contributed by atoms with Crippen LogP contribution in [0.25, 0.3) is 0 Å². The number of carbonyl (C=O) groups is 2. The second kappa shape index (κ2) is 3.27. The number of nitrogens with zero attached hydrogens (tertiary/aromatic N) is 1. The predicted molar refractivity (Wildman–Crippen MR) is 54.5 cm³/mol. The summed E-state index contributed by atoms with van der Waals surface area (Å²) in [5.74, 6) is -1.42. The van der Waals surface area contributed by atoms with E-state index in [4.69, 9.17) is 5.73 Å². The lowest BCUT2D eigenvalue weighted by Crippen LogP contribution is -2.31. The normalized spacial score (nSPS) is 20.6. The summed E-state index contributed by atoms with van der Waals surface area (Å²) in [6.07, 6.45) is 0. The minimum atomic E-state index is -0.809. The van der Waals surface area contributed by atoms with Crippen LogP contribution in [0.15, 0.2) is 24.3 Å². The zero-order valence-corrected chi connectivity index (χ0v) is 8.23. The van der Waals surface area contributed by atoms with Gasteiger partial charge in [0.1, 0.15) is 5.92 Å². The molecule has 0 aromatic heterocycles. The maximum absolute atomic E-state index is 11.7. The van der Waals surface area contributed by atoms with E-state index in [9.17, 15) is 9.59 Å². The number of likely N-dealkylation sites (N-methyl/N-ethyl adjacent to an activating group) is 1. The quantitative estimate of drug-likeness (QED) is 0.494. The van der Waals surface area contributed by atoms with Gasteiger partial charge >= 0.3 is 0 Å². The fraction of sp³-hybridized carbons (Fsp3) is 0.200. The van der Waals surface area contributed by atoms with Crippen molar-refractivity contribution in [2.45, 2.75) is 5.92 Å². The predicted octanol–water partition coefficient (Wildman–Crippen LogP) is -0.144. The Labute approximate surface area is 86.8 Å². The van der Waals surface area contributed by atoms with Gasteiger partial charge in [-0.1, -0.05) is 18.2 Å². The Morgan fingerprint density at radius 2 is 2.00 bits per heavy atom. The molecule has 1 saturated heterocycles. The van der Waals surface area contributed by atoms with Crippen LogP contribution in [-0.4, -0.2) is 23.9 Å². The number of para-hydroxylation sites is 1. The van der Waals surface area contributed by atoms with E-state index >= 15 is 0 Å². The number of hydrogen-bond acceptors (Lipinski definition) is 3. The van der Waals surface area contributed by atoms with Crippen LogP contribution in [0, 0.1) is 0 Å². The van der Waals surface area contributed by atoms with Gasteiger partial charge in [-0.3, -0.25) is 20.0 Å². The summed E-state index contributed by atoms with van der Waals surface area (Å²) in [4.78, 5) is 23.2. The molecule has 0 bridgehead atoms. The highest BCUT2D eigenvalue weighted by atomic mass is 16.2. The maximum Gasteiger partial charge on any atom is 0.257 e. The van der Waals surface area contributed by atoms with Gasteiger partial charge in [-0.2, -0.15) is 0 Å². The molecule has 1 aromatic carbocycles. The van der Waals surface area contributed by atoms with Crippen molar-refractivity contribution in [3.05, 3.63) is 29.8 Å². The molecule has 1 unspecified atom stereocenters. The number of nitrogen functional groups attached to an aromatic ring is 1. The number of amides is 2. The lowest BCUT2D eigenvalue weighted by Gasteiger charge is -2.09. The molecule has 1 atom stereocenters. The number of nitrogens with one attached hydrogen (secondary N) is 1. The van der Waals surface area contributed by atoms with Gasteiger partial charge in [0.2, 0.25) is 0 Å². The second-order valence-electron chi connectivity index (χ2n) is 3.44. The van der Waals surface area contributed by atoms with Gasteiger partial charge in [0.15, 0.2) is 0 Å². The van der Waals surface area contributed by atoms with Crippen molar-refractivity contribution in [1.29, 1.82) is 0 Å². The Hall–Kier alpha value is -2.04. The summed E-state index contributed by atoms with van der Waals surface area (Å²) >= 11 is 0. The summed E-state index contributed by atoms with van der Waals surface area (Å²) in [7, 11) is 1.51. The van der Waals surface area contributed by atoms with Crippen LogP contribution in [0.1, 0.15) is 11.5 Å². The van der Waals surface area contributed by atoms with Crippen LogP contribution >= 0.6 is 0 Å². The fourth-order valence-electron chi connectivity index (χ4n) is 1.64. The fourth-order valence-corrected chi connectivity index (χ4v) is 1.64. The number of carbonyl (C=O) groups excluding carboxylic acids is 2. The van der Waals surface area contributed by atoms with Crippen LogP contribution in [0.2, 0.25) is 0 Å². The third-order valence-electron chi connectivity index (χ3n) is 2.42. The van der Waals surface area contributed by atoms with E-state index in [1.807, 2.05) is 0 Å². The van der Waals surface area contributed by atoms with Crippen molar-refractivity contribution >= 4 is 17.5 Å². The number of benzene rings is 1. The van der Waals surface area contributed by atoms with Gasteiger partial charge < -0.3 is 5.73 Å². The standard InChI is InChI=1S/C10H11N3O2/c1-13-10(15)8(9(14)12-13)6-4-2-3-5-7(6)11/h2-5,8H,11H2,1H3,(H,12,14). The first-order valence-electron chi connectivity index (χ1n) is 4.53. The Balaban J connectivity index is 2.44. The Morgan fingerprint density at radius 1 is 1.33 bits per heavy atom. The molecule has 0 aliphatic carbocycles. The average Bonchev–Trinajstić information content (AvgIpc) is 2.43. The first kappa shape index (κ1) is 9.51. The van der Waals surface area contributed by atoms with Gasteiger partial charge in [-0.15, -0.1) is 0 Å². The van der Waals surface area contributed by atoms with Crippen molar-refractivity contribution in [3.8, 4) is 0 Å². The van der Waals surface area contributed by atoms with Crippen LogP contribution in [0.3, 0.4) is 0 Å². The molecule has 3 N–H and O–H groups in total. The molecule has 1 aliphatic heterocycles. The van der Waals surface area contributed by atoms with E-state index in [2.05, 4.69) is 5.43 Å². The minimum Gasteiger partial charge on any atom is -0.398 e. The van der Waals surface area contributed by atoms with E-state index in [0.29, 0.717) is 11.3 Å². The molecule has 5 nitrogen and oxygen atoms in total. The van der Waals surface area contributed by atoms with Gasteiger partial charge in [-0.05, 0) is 11.6 Å². The lowest BCUT2D eigenvalue weighted by atomic mass is 9.97. The third kappa shape index (κ3) is 1.41. The van der Waals surface area contributed by atoms with Crippen LogP contribution in [0.5, 0.6) is 0 Å². The summed E-state index contributed by atoms with van der Waals surface area (Å²) < 4.78 is 0. The molecule has 0 saturated carbocycles. The van der Waals surface area contributed by atoms with Crippen molar-refractivity contribution in [1.82, 2.24) is 10.4 Å². The van der Waals surface area contributed by atoms with Crippen LogP contribution < -0.4 is 11.2 Å². The maximum atomic E-state index is 11.7. The van der Waals surface area contributed by atoms with E-state index in [1.165, 1.54) is 12.1 Å². The largest absolute Gasteiger partial charge is 0.398 e. The molecule has 15 heavy (non-hydrogen) atoms. The molecule has 1 aromatic rings. The van der Waals surface area contributed by atoms with Crippen molar-refractivity contribution < 1.29 is 9.59 Å². The van der Waals surface area contributed by atoms with Gasteiger partial charge in [-0.25, -0.2) is 0 Å². The zero-order chi connectivity index (χ0) is 11.0. The van der Waals surface area contributed by atoms with E-state index in [0.717, 1.165) is 0 Å². The summed E-state index contributed by atoms with van der Waals surface area (Å²) in [5, 5.41) is 1.18. The molecule has 0 radical (unpaired) electrons. The monoisotopic (exact) mass is 205 g/mol. The highest BCUT2D eigenvalue weighted by Gasteiger charge is 2.39. The molecule has 1 aliphatic rings. The van der Waals surface area contributed by atoms with Gasteiger partial charge in [0.05, 0.1) is 0 Å². The summed E-state index contributed by atoms with van der Waals surface area (Å²) in [6.45, 7) is 0. The SMILES string of the molecule is CN1NC(=O)C(c2ccccc2N)C1=O. The highest BCUT2D eigenvalue weighted by Crippen LogP contribution is 2.26. The smallest absolute Gasteiger partial charge is 0.257 e. The number of hydrazine groups is 1. The van der Waals surface area contributed by atoms with Crippen molar-refractivity contribution in [3.63, 3.8) is 0 Å². The molecular formula is C10H11N3O2. The van der Waals surface area contributed by atoms with Crippen molar-refractivity contribution in [2.75, 3.05) is 12.8 Å². The molecule has 1 fully saturated rings. The van der Waals surface area contributed by atoms with Crippen LogP contribution in [0.4, 0.5) is 5.69 Å². The molecular weight excluding hydrogens is 194 g/mol. The molecule has 2 amide bonds. The topological polar surface area (TPSA) is 75.4 Å². The Bertz CT molecular complexity index is 430. The first-order valence-corrected chi connectivity index (χ1v) is 4.53. The Kier molecular flexibility index (Phi) is 2.07. The Morgan fingerprint density at radius 3 is 2.53 bits per heavy atom. The molecule has 2 rings (SSSR count). The van der Waals surface area contributed by atoms with Gasteiger partial charge in [0, 0.05) is 12.7 Å². The van der Waals surface area contributed by atoms with E-state index in [-0.39, 0.29) is 11.8 Å². The third-order valence-corrected chi connectivity index (χ3v) is 2.42. The average molecular weight is 205 g/mol. The molecule has 1 heterocycles. The van der Waals surface area contributed by atoms with E-state index < -0.39 is 5.92 Å².